The Labute approximate surface area is 169 Å². The quantitative estimate of drug-likeness (QED) is 0.794. The first-order valence-corrected chi connectivity index (χ1v) is 10.9. The van der Waals surface area contributed by atoms with Crippen LogP contribution < -0.4 is 5.32 Å². The van der Waals surface area contributed by atoms with Crippen molar-refractivity contribution in [3.05, 3.63) is 64.9 Å². The topological polar surface area (TPSA) is 66.5 Å². The number of halogens is 2. The van der Waals surface area contributed by atoms with Gasteiger partial charge in [-0.05, 0) is 49.6 Å². The molecule has 150 valence electrons. The third-order valence-electron chi connectivity index (χ3n) is 5.01. The minimum Gasteiger partial charge on any atom is -0.349 e. The lowest BCUT2D eigenvalue weighted by Crippen LogP contribution is -2.43. The van der Waals surface area contributed by atoms with Gasteiger partial charge >= 0.3 is 0 Å². The fourth-order valence-electron chi connectivity index (χ4n) is 3.32. The molecule has 0 aliphatic carbocycles. The third-order valence-corrected chi connectivity index (χ3v) is 7.19. The molecule has 2 aromatic rings. The van der Waals surface area contributed by atoms with E-state index in [0.29, 0.717) is 17.9 Å². The first-order valence-electron chi connectivity index (χ1n) is 9.09. The van der Waals surface area contributed by atoms with Gasteiger partial charge in [0.05, 0.1) is 6.04 Å². The molecule has 1 N–H and O–H groups in total. The molecule has 1 fully saturated rings. The standard InChI is InChI=1S/C20H22ClFN2O3S/c1-14(15-6-8-17(21)9-7-15)23-20(25)16-10-12-24(13-11-16)28(26,27)19-5-3-2-4-18(19)22/h2-9,14,16H,10-13H2,1H3,(H,23,25). The van der Waals surface area contributed by atoms with Crippen LogP contribution in [0, 0.1) is 11.7 Å². The molecule has 1 heterocycles. The second-order valence-electron chi connectivity index (χ2n) is 6.89. The summed E-state index contributed by atoms with van der Waals surface area (Å²) in [6.07, 6.45) is 0.791. The van der Waals surface area contributed by atoms with Crippen molar-refractivity contribution in [1.82, 2.24) is 9.62 Å². The van der Waals surface area contributed by atoms with Crippen molar-refractivity contribution in [3.8, 4) is 0 Å². The van der Waals surface area contributed by atoms with Crippen LogP contribution in [0.3, 0.4) is 0 Å². The maximum absolute atomic E-state index is 13.9. The van der Waals surface area contributed by atoms with E-state index in [1.54, 1.807) is 12.1 Å². The van der Waals surface area contributed by atoms with Crippen molar-refractivity contribution in [2.75, 3.05) is 13.1 Å². The molecule has 1 amide bonds. The van der Waals surface area contributed by atoms with E-state index in [-0.39, 0.29) is 35.9 Å². The average molecular weight is 425 g/mol. The Balaban J connectivity index is 1.59. The van der Waals surface area contributed by atoms with Crippen LogP contribution in [0.15, 0.2) is 53.4 Å². The van der Waals surface area contributed by atoms with E-state index in [0.717, 1.165) is 11.6 Å². The minimum absolute atomic E-state index is 0.106. The number of benzene rings is 2. The number of carbonyl (C=O) groups excluding carboxylic acids is 1. The first-order chi connectivity index (χ1) is 13.3. The average Bonchev–Trinajstić information content (AvgIpc) is 2.68. The van der Waals surface area contributed by atoms with Gasteiger partial charge in [-0.2, -0.15) is 4.31 Å². The van der Waals surface area contributed by atoms with Gasteiger partial charge in [0.1, 0.15) is 10.7 Å². The van der Waals surface area contributed by atoms with Crippen molar-refractivity contribution < 1.29 is 17.6 Å². The molecule has 1 aliphatic rings. The van der Waals surface area contributed by atoms with Gasteiger partial charge < -0.3 is 5.32 Å². The van der Waals surface area contributed by atoms with E-state index in [2.05, 4.69) is 5.32 Å². The Kier molecular flexibility index (Phi) is 6.37. The molecule has 1 atom stereocenters. The molecule has 2 aromatic carbocycles. The fourth-order valence-corrected chi connectivity index (χ4v) is 4.98. The SMILES string of the molecule is CC(NC(=O)C1CCN(S(=O)(=O)c2ccccc2F)CC1)c1ccc(Cl)cc1. The normalized spacial score (nSPS) is 17.2. The van der Waals surface area contributed by atoms with Crippen molar-refractivity contribution in [3.63, 3.8) is 0 Å². The summed E-state index contributed by atoms with van der Waals surface area (Å²) in [7, 11) is -3.90. The highest BCUT2D eigenvalue weighted by molar-refractivity contribution is 7.89. The Morgan fingerprint density at radius 3 is 2.36 bits per heavy atom. The Bertz CT molecular complexity index is 942. The van der Waals surface area contributed by atoms with Gasteiger partial charge in [-0.1, -0.05) is 35.9 Å². The molecule has 1 aliphatic heterocycles. The molecule has 5 nitrogen and oxygen atoms in total. The number of hydrogen-bond donors (Lipinski definition) is 1. The van der Waals surface area contributed by atoms with Gasteiger partial charge in [-0.15, -0.1) is 0 Å². The Hall–Kier alpha value is -1.96. The summed E-state index contributed by atoms with van der Waals surface area (Å²) in [5.74, 6) is -1.15. The fraction of sp³-hybridized carbons (Fsp3) is 0.350. The van der Waals surface area contributed by atoms with E-state index in [4.69, 9.17) is 11.6 Å². The van der Waals surface area contributed by atoms with Crippen molar-refractivity contribution in [2.24, 2.45) is 5.92 Å². The van der Waals surface area contributed by atoms with E-state index < -0.39 is 15.8 Å². The minimum atomic E-state index is -3.90. The number of carbonyl (C=O) groups is 1. The predicted molar refractivity (Wildman–Crippen MR) is 106 cm³/mol. The second-order valence-corrected chi connectivity index (χ2v) is 9.23. The molecule has 0 aromatic heterocycles. The van der Waals surface area contributed by atoms with Crippen molar-refractivity contribution in [1.29, 1.82) is 0 Å². The number of rotatable bonds is 5. The number of nitrogens with zero attached hydrogens (tertiary/aromatic N) is 1. The monoisotopic (exact) mass is 424 g/mol. The molecule has 0 spiro atoms. The van der Waals surface area contributed by atoms with Crippen LogP contribution in [0.25, 0.3) is 0 Å². The lowest BCUT2D eigenvalue weighted by Gasteiger charge is -2.31. The molecule has 0 saturated carbocycles. The zero-order chi connectivity index (χ0) is 20.3. The van der Waals surface area contributed by atoms with Crippen LogP contribution in [0.4, 0.5) is 4.39 Å². The first kappa shape index (κ1) is 20.8. The number of nitrogens with one attached hydrogen (secondary N) is 1. The summed E-state index contributed by atoms with van der Waals surface area (Å²) in [6, 6.07) is 12.4. The number of amides is 1. The summed E-state index contributed by atoms with van der Waals surface area (Å²) in [5.41, 5.74) is 0.942. The summed E-state index contributed by atoms with van der Waals surface area (Å²) in [4.78, 5) is 12.2. The molecule has 0 radical (unpaired) electrons. The Morgan fingerprint density at radius 2 is 1.75 bits per heavy atom. The molecule has 1 unspecified atom stereocenters. The van der Waals surface area contributed by atoms with Gasteiger partial charge in [0.25, 0.3) is 0 Å². The van der Waals surface area contributed by atoms with Crippen LogP contribution in [-0.4, -0.2) is 31.7 Å². The highest BCUT2D eigenvalue weighted by atomic mass is 35.5. The summed E-state index contributed by atoms with van der Waals surface area (Å²) < 4.78 is 40.4. The third kappa shape index (κ3) is 4.54. The van der Waals surface area contributed by atoms with E-state index >= 15 is 0 Å². The maximum atomic E-state index is 13.9. The molecular weight excluding hydrogens is 403 g/mol. The van der Waals surface area contributed by atoms with Crippen LogP contribution in [-0.2, 0) is 14.8 Å². The van der Waals surface area contributed by atoms with Gasteiger partial charge in [0, 0.05) is 24.0 Å². The summed E-state index contributed by atoms with van der Waals surface area (Å²) in [5, 5.41) is 3.60. The lowest BCUT2D eigenvalue weighted by atomic mass is 9.96. The number of piperidine rings is 1. The maximum Gasteiger partial charge on any atom is 0.245 e. The van der Waals surface area contributed by atoms with Crippen LogP contribution in [0.2, 0.25) is 5.02 Å². The highest BCUT2D eigenvalue weighted by Gasteiger charge is 2.33. The smallest absolute Gasteiger partial charge is 0.245 e. The van der Waals surface area contributed by atoms with Crippen LogP contribution >= 0.6 is 11.6 Å². The van der Waals surface area contributed by atoms with Gasteiger partial charge in [-0.25, -0.2) is 12.8 Å². The summed E-state index contributed by atoms with van der Waals surface area (Å²) >= 11 is 5.88. The highest BCUT2D eigenvalue weighted by Crippen LogP contribution is 2.26. The predicted octanol–water partition coefficient (Wildman–Crippen LogP) is 3.76. The van der Waals surface area contributed by atoms with E-state index in [1.807, 2.05) is 19.1 Å². The van der Waals surface area contributed by atoms with Crippen LogP contribution in [0.5, 0.6) is 0 Å². The number of hydrogen-bond acceptors (Lipinski definition) is 3. The van der Waals surface area contributed by atoms with Gasteiger partial charge in [0.2, 0.25) is 15.9 Å². The molecular formula is C20H22ClFN2O3S. The number of sulfonamides is 1. The van der Waals surface area contributed by atoms with E-state index in [1.165, 1.54) is 22.5 Å². The lowest BCUT2D eigenvalue weighted by molar-refractivity contribution is -0.126. The van der Waals surface area contributed by atoms with Crippen LogP contribution in [0.1, 0.15) is 31.4 Å². The summed E-state index contributed by atoms with van der Waals surface area (Å²) in [6.45, 7) is 2.26. The molecule has 1 saturated heterocycles. The van der Waals surface area contributed by atoms with E-state index in [9.17, 15) is 17.6 Å². The molecule has 3 rings (SSSR count). The second kappa shape index (κ2) is 8.59. The largest absolute Gasteiger partial charge is 0.349 e. The zero-order valence-electron chi connectivity index (χ0n) is 15.4. The Morgan fingerprint density at radius 1 is 1.14 bits per heavy atom. The van der Waals surface area contributed by atoms with Crippen molar-refractivity contribution in [2.45, 2.75) is 30.7 Å². The molecule has 8 heteroatoms. The molecule has 0 bridgehead atoms. The molecule has 28 heavy (non-hydrogen) atoms. The zero-order valence-corrected chi connectivity index (χ0v) is 17.0. The van der Waals surface area contributed by atoms with Gasteiger partial charge in [-0.3, -0.25) is 4.79 Å². The van der Waals surface area contributed by atoms with Crippen molar-refractivity contribution >= 4 is 27.5 Å². The van der Waals surface area contributed by atoms with Gasteiger partial charge in [0.15, 0.2) is 0 Å².